The van der Waals surface area contributed by atoms with E-state index in [9.17, 15) is 4.39 Å². The molecular weight excluding hydrogens is 251 g/mol. The van der Waals surface area contributed by atoms with E-state index in [0.29, 0.717) is 6.54 Å². The average Bonchev–Trinajstić information content (AvgIpc) is 2.47. The van der Waals surface area contributed by atoms with Crippen molar-refractivity contribution in [2.45, 2.75) is 19.5 Å². The minimum absolute atomic E-state index is 0.170. The third-order valence-corrected chi connectivity index (χ3v) is 3.88. The van der Waals surface area contributed by atoms with Crippen LogP contribution in [-0.4, -0.2) is 13.6 Å². The molecule has 0 unspecified atom stereocenters. The molecule has 2 aromatic carbocycles. The van der Waals surface area contributed by atoms with Gasteiger partial charge in [-0.25, -0.2) is 4.39 Å². The molecular formula is C17H19FN2. The monoisotopic (exact) mass is 270 g/mol. The Labute approximate surface area is 119 Å². The van der Waals surface area contributed by atoms with Gasteiger partial charge in [0.05, 0.1) is 0 Å². The van der Waals surface area contributed by atoms with Gasteiger partial charge in [-0.1, -0.05) is 24.3 Å². The molecule has 1 aliphatic heterocycles. The highest BCUT2D eigenvalue weighted by Crippen LogP contribution is 2.27. The van der Waals surface area contributed by atoms with Crippen LogP contribution in [0.2, 0.25) is 0 Å². The Balaban J connectivity index is 1.91. The maximum atomic E-state index is 13.4. The molecule has 0 spiro atoms. The number of fused-ring (bicyclic) bond motifs is 1. The smallest absolute Gasteiger partial charge is 0.123 e. The van der Waals surface area contributed by atoms with Crippen LogP contribution >= 0.6 is 0 Å². The van der Waals surface area contributed by atoms with Crippen molar-refractivity contribution in [2.24, 2.45) is 0 Å². The molecule has 0 saturated heterocycles. The van der Waals surface area contributed by atoms with Crippen molar-refractivity contribution in [1.82, 2.24) is 5.32 Å². The van der Waals surface area contributed by atoms with Crippen LogP contribution in [0.15, 0.2) is 42.5 Å². The van der Waals surface area contributed by atoms with E-state index in [1.165, 1.54) is 11.1 Å². The van der Waals surface area contributed by atoms with Gasteiger partial charge in [-0.15, -0.1) is 0 Å². The number of hydrogen-bond donors (Lipinski definition) is 1. The Morgan fingerprint density at radius 1 is 1.15 bits per heavy atom. The Bertz CT molecular complexity index is 610. The minimum Gasteiger partial charge on any atom is -0.367 e. The van der Waals surface area contributed by atoms with Gasteiger partial charge in [-0.2, -0.15) is 0 Å². The van der Waals surface area contributed by atoms with E-state index in [1.54, 1.807) is 12.1 Å². The van der Waals surface area contributed by atoms with Crippen molar-refractivity contribution >= 4 is 5.69 Å². The molecule has 3 heteroatoms. The van der Waals surface area contributed by atoms with E-state index >= 15 is 0 Å². The molecule has 1 N–H and O–H groups in total. The summed E-state index contributed by atoms with van der Waals surface area (Å²) in [5, 5.41) is 3.12. The van der Waals surface area contributed by atoms with Crippen molar-refractivity contribution in [2.75, 3.05) is 18.5 Å². The lowest BCUT2D eigenvalue weighted by atomic mass is 9.98. The van der Waals surface area contributed by atoms with E-state index < -0.39 is 0 Å². The molecule has 2 nitrogen and oxygen atoms in total. The van der Waals surface area contributed by atoms with Gasteiger partial charge in [0, 0.05) is 25.3 Å². The first kappa shape index (κ1) is 13.1. The lowest BCUT2D eigenvalue weighted by Gasteiger charge is -2.32. The van der Waals surface area contributed by atoms with Crippen LogP contribution < -0.4 is 10.2 Å². The number of nitrogens with one attached hydrogen (secondary N) is 1. The van der Waals surface area contributed by atoms with Gasteiger partial charge >= 0.3 is 0 Å². The van der Waals surface area contributed by atoms with E-state index in [0.717, 1.165) is 30.8 Å². The van der Waals surface area contributed by atoms with Gasteiger partial charge in [-0.3, -0.25) is 0 Å². The van der Waals surface area contributed by atoms with E-state index in [1.807, 2.05) is 13.1 Å². The van der Waals surface area contributed by atoms with Gasteiger partial charge in [0.2, 0.25) is 0 Å². The van der Waals surface area contributed by atoms with Crippen LogP contribution in [0.25, 0.3) is 0 Å². The Morgan fingerprint density at radius 3 is 2.75 bits per heavy atom. The molecule has 104 valence electrons. The van der Waals surface area contributed by atoms with Crippen LogP contribution in [0.1, 0.15) is 16.7 Å². The molecule has 1 aliphatic rings. The van der Waals surface area contributed by atoms with Crippen molar-refractivity contribution in [1.29, 1.82) is 0 Å². The Hall–Kier alpha value is -1.87. The maximum Gasteiger partial charge on any atom is 0.123 e. The van der Waals surface area contributed by atoms with Crippen LogP contribution in [0.4, 0.5) is 10.1 Å². The van der Waals surface area contributed by atoms with Crippen molar-refractivity contribution < 1.29 is 4.39 Å². The topological polar surface area (TPSA) is 15.3 Å². The Morgan fingerprint density at radius 2 is 1.95 bits per heavy atom. The fraction of sp³-hybridized carbons (Fsp3) is 0.294. The second-order valence-corrected chi connectivity index (χ2v) is 5.24. The zero-order valence-corrected chi connectivity index (χ0v) is 11.7. The predicted molar refractivity (Wildman–Crippen MR) is 80.4 cm³/mol. The molecule has 0 bridgehead atoms. The molecule has 0 aliphatic carbocycles. The number of hydrogen-bond acceptors (Lipinski definition) is 2. The molecule has 0 atom stereocenters. The predicted octanol–water partition coefficient (Wildman–Crippen LogP) is 3.11. The van der Waals surface area contributed by atoms with Gasteiger partial charge in [0.15, 0.2) is 0 Å². The summed E-state index contributed by atoms with van der Waals surface area (Å²) in [6.07, 6.45) is 1.05. The van der Waals surface area contributed by atoms with E-state index in [-0.39, 0.29) is 5.82 Å². The Kier molecular flexibility index (Phi) is 3.70. The average molecular weight is 270 g/mol. The summed E-state index contributed by atoms with van der Waals surface area (Å²) in [5.41, 5.74) is 4.96. The number of nitrogens with zero attached hydrogens (tertiary/aromatic N) is 1. The molecule has 0 aromatic heterocycles. The summed E-state index contributed by atoms with van der Waals surface area (Å²) in [4.78, 5) is 2.34. The summed E-state index contributed by atoms with van der Waals surface area (Å²) in [5.74, 6) is -0.170. The van der Waals surface area contributed by atoms with Gasteiger partial charge in [0.25, 0.3) is 0 Å². The highest BCUT2D eigenvalue weighted by molar-refractivity contribution is 5.55. The summed E-state index contributed by atoms with van der Waals surface area (Å²) >= 11 is 0. The minimum atomic E-state index is -0.170. The first-order chi connectivity index (χ1) is 9.78. The zero-order valence-electron chi connectivity index (χ0n) is 11.7. The second-order valence-electron chi connectivity index (χ2n) is 5.24. The normalized spacial score (nSPS) is 14.2. The van der Waals surface area contributed by atoms with Crippen LogP contribution in [0, 0.1) is 5.82 Å². The summed E-state index contributed by atoms with van der Waals surface area (Å²) < 4.78 is 13.4. The molecule has 1 heterocycles. The summed E-state index contributed by atoms with van der Waals surface area (Å²) in [6.45, 7) is 2.57. The van der Waals surface area contributed by atoms with Crippen molar-refractivity contribution in [3.8, 4) is 0 Å². The third kappa shape index (κ3) is 2.54. The largest absolute Gasteiger partial charge is 0.367 e. The first-order valence-electron chi connectivity index (χ1n) is 7.02. The maximum absolute atomic E-state index is 13.4. The lowest BCUT2D eigenvalue weighted by molar-refractivity contribution is 0.622. The number of rotatable bonds is 3. The molecule has 0 saturated carbocycles. The fourth-order valence-corrected chi connectivity index (χ4v) is 2.90. The van der Waals surface area contributed by atoms with Crippen LogP contribution in [0.5, 0.6) is 0 Å². The van der Waals surface area contributed by atoms with Gasteiger partial charge in [0.1, 0.15) is 5.82 Å². The molecule has 0 radical (unpaired) electrons. The second kappa shape index (κ2) is 5.63. The molecule has 0 amide bonds. The lowest BCUT2D eigenvalue weighted by Crippen LogP contribution is -2.31. The zero-order chi connectivity index (χ0) is 13.9. The number of halogens is 1. The number of benzene rings is 2. The molecule has 3 rings (SSSR count). The molecule has 0 fully saturated rings. The van der Waals surface area contributed by atoms with Crippen molar-refractivity contribution in [3.63, 3.8) is 0 Å². The SMILES string of the molecule is CNCc1cc(F)ccc1N1CCc2ccccc2C1. The molecule has 20 heavy (non-hydrogen) atoms. The fourth-order valence-electron chi connectivity index (χ4n) is 2.90. The summed E-state index contributed by atoms with van der Waals surface area (Å²) in [7, 11) is 1.89. The highest BCUT2D eigenvalue weighted by Gasteiger charge is 2.18. The molecule has 2 aromatic rings. The van der Waals surface area contributed by atoms with Crippen molar-refractivity contribution in [3.05, 3.63) is 65.0 Å². The summed E-state index contributed by atoms with van der Waals surface area (Å²) in [6, 6.07) is 13.6. The highest BCUT2D eigenvalue weighted by atomic mass is 19.1. The van der Waals surface area contributed by atoms with E-state index in [4.69, 9.17) is 0 Å². The van der Waals surface area contributed by atoms with Gasteiger partial charge in [-0.05, 0) is 48.4 Å². The third-order valence-electron chi connectivity index (χ3n) is 3.88. The first-order valence-corrected chi connectivity index (χ1v) is 7.02. The van der Waals surface area contributed by atoms with Crippen LogP contribution in [0.3, 0.4) is 0 Å². The number of anilines is 1. The standard InChI is InChI=1S/C17H19FN2/c1-19-11-15-10-16(18)6-7-17(15)20-9-8-13-4-2-3-5-14(13)12-20/h2-7,10,19H,8-9,11-12H2,1H3. The quantitative estimate of drug-likeness (QED) is 0.922. The van der Waals surface area contributed by atoms with Gasteiger partial charge < -0.3 is 10.2 Å². The van der Waals surface area contributed by atoms with E-state index in [2.05, 4.69) is 34.5 Å². The van der Waals surface area contributed by atoms with Crippen LogP contribution in [-0.2, 0) is 19.5 Å².